The molecule has 2 nitrogen and oxygen atoms in total. The SMILES string of the molecule is CC(C)Cc1[nH]c(-c2cc(F)ccc2Br)nc(=S)c1Br. The van der Waals surface area contributed by atoms with E-state index in [9.17, 15) is 4.39 Å². The topological polar surface area (TPSA) is 28.7 Å². The van der Waals surface area contributed by atoms with Gasteiger partial charge in [-0.05, 0) is 46.5 Å². The fourth-order valence-corrected chi connectivity index (χ4v) is 2.86. The lowest BCUT2D eigenvalue weighted by atomic mass is 10.1. The third-order valence-electron chi connectivity index (χ3n) is 2.73. The number of hydrogen-bond donors (Lipinski definition) is 1. The van der Waals surface area contributed by atoms with Crippen molar-refractivity contribution in [2.75, 3.05) is 0 Å². The normalized spacial score (nSPS) is 11.1. The van der Waals surface area contributed by atoms with E-state index in [-0.39, 0.29) is 5.82 Å². The predicted octanol–water partition coefficient (Wildman–Crippen LogP) is 5.67. The highest BCUT2D eigenvalue weighted by molar-refractivity contribution is 9.11. The van der Waals surface area contributed by atoms with Gasteiger partial charge in [-0.2, -0.15) is 0 Å². The van der Waals surface area contributed by atoms with Gasteiger partial charge in [0.2, 0.25) is 0 Å². The summed E-state index contributed by atoms with van der Waals surface area (Å²) in [5.74, 6) is 0.737. The molecule has 0 aliphatic carbocycles. The molecule has 1 heterocycles. The maximum absolute atomic E-state index is 13.4. The molecule has 0 spiro atoms. The Morgan fingerprint density at radius 2 is 2.05 bits per heavy atom. The zero-order valence-corrected chi connectivity index (χ0v) is 15.0. The van der Waals surface area contributed by atoms with Crippen molar-refractivity contribution in [3.05, 3.63) is 43.3 Å². The number of nitrogens with zero attached hydrogens (tertiary/aromatic N) is 1. The fourth-order valence-electron chi connectivity index (χ4n) is 1.86. The first-order valence-electron chi connectivity index (χ1n) is 6.12. The molecule has 2 rings (SSSR count). The summed E-state index contributed by atoms with van der Waals surface area (Å²) in [4.78, 5) is 7.58. The van der Waals surface area contributed by atoms with Gasteiger partial charge in [0.05, 0.1) is 4.47 Å². The summed E-state index contributed by atoms with van der Waals surface area (Å²) in [6.45, 7) is 4.25. The van der Waals surface area contributed by atoms with E-state index >= 15 is 0 Å². The molecular formula is C14H13Br2FN2S. The third kappa shape index (κ3) is 3.54. The van der Waals surface area contributed by atoms with Crippen molar-refractivity contribution in [1.82, 2.24) is 9.97 Å². The Hall–Kier alpha value is -0.590. The number of aromatic amines is 1. The standard InChI is InChI=1S/C14H13Br2FN2S/c1-7(2)5-11-12(16)14(20)19-13(18-11)9-6-8(17)3-4-10(9)15/h3-4,6-7H,5H2,1-2H3,(H,18,19,20). The molecule has 106 valence electrons. The van der Waals surface area contributed by atoms with Crippen molar-refractivity contribution in [2.45, 2.75) is 20.3 Å². The molecule has 1 aromatic heterocycles. The summed E-state index contributed by atoms with van der Waals surface area (Å²) in [6, 6.07) is 4.49. The van der Waals surface area contributed by atoms with E-state index in [2.05, 4.69) is 55.7 Å². The van der Waals surface area contributed by atoms with Crippen LogP contribution < -0.4 is 0 Å². The van der Waals surface area contributed by atoms with Crippen molar-refractivity contribution in [2.24, 2.45) is 5.92 Å². The van der Waals surface area contributed by atoms with Crippen molar-refractivity contribution < 1.29 is 4.39 Å². The molecule has 0 aliphatic heterocycles. The highest BCUT2D eigenvalue weighted by Gasteiger charge is 2.12. The summed E-state index contributed by atoms with van der Waals surface area (Å²) in [6.07, 6.45) is 0.840. The Morgan fingerprint density at radius 1 is 1.35 bits per heavy atom. The lowest BCUT2D eigenvalue weighted by Crippen LogP contribution is -2.03. The second kappa shape index (κ2) is 6.45. The van der Waals surface area contributed by atoms with Crippen molar-refractivity contribution in [3.8, 4) is 11.4 Å². The summed E-state index contributed by atoms with van der Waals surface area (Å²) in [7, 11) is 0. The summed E-state index contributed by atoms with van der Waals surface area (Å²) in [5, 5.41) is 0. The maximum Gasteiger partial charge on any atom is 0.144 e. The van der Waals surface area contributed by atoms with E-state index < -0.39 is 0 Å². The van der Waals surface area contributed by atoms with Crippen LogP contribution in [-0.4, -0.2) is 9.97 Å². The van der Waals surface area contributed by atoms with Crippen LogP contribution in [0.25, 0.3) is 11.4 Å². The summed E-state index contributed by atoms with van der Waals surface area (Å²) >= 11 is 12.1. The average molecular weight is 420 g/mol. The molecule has 0 atom stereocenters. The lowest BCUT2D eigenvalue weighted by molar-refractivity contribution is 0.626. The molecule has 1 N–H and O–H groups in total. The van der Waals surface area contributed by atoms with Crippen LogP contribution >= 0.6 is 44.1 Å². The number of nitrogens with one attached hydrogen (secondary N) is 1. The fraction of sp³-hybridized carbons (Fsp3) is 0.286. The Labute approximate surface area is 139 Å². The van der Waals surface area contributed by atoms with Gasteiger partial charge in [-0.25, -0.2) is 9.37 Å². The Morgan fingerprint density at radius 3 is 2.70 bits per heavy atom. The Bertz CT molecular complexity index is 698. The quantitative estimate of drug-likeness (QED) is 0.649. The molecule has 0 radical (unpaired) electrons. The molecule has 6 heteroatoms. The highest BCUT2D eigenvalue weighted by Crippen LogP contribution is 2.29. The molecule has 0 fully saturated rings. The summed E-state index contributed by atoms with van der Waals surface area (Å²) in [5.41, 5.74) is 1.64. The molecule has 2 aromatic rings. The van der Waals surface area contributed by atoms with Gasteiger partial charge in [-0.15, -0.1) is 0 Å². The second-order valence-electron chi connectivity index (χ2n) is 4.91. The molecule has 0 unspecified atom stereocenters. The molecule has 0 saturated carbocycles. The summed E-state index contributed by atoms with van der Waals surface area (Å²) < 4.78 is 15.5. The number of H-pyrrole nitrogens is 1. The van der Waals surface area contributed by atoms with E-state index in [4.69, 9.17) is 12.2 Å². The van der Waals surface area contributed by atoms with Crippen molar-refractivity contribution >= 4 is 44.1 Å². The van der Waals surface area contributed by atoms with Crippen LogP contribution in [0.2, 0.25) is 0 Å². The number of aromatic nitrogens is 2. The monoisotopic (exact) mass is 418 g/mol. The molecule has 0 aliphatic rings. The molecule has 20 heavy (non-hydrogen) atoms. The minimum atomic E-state index is -0.308. The number of rotatable bonds is 3. The van der Waals surface area contributed by atoms with Crippen LogP contribution in [0.15, 0.2) is 27.1 Å². The van der Waals surface area contributed by atoms with Crippen LogP contribution in [0.4, 0.5) is 4.39 Å². The van der Waals surface area contributed by atoms with Gasteiger partial charge >= 0.3 is 0 Å². The first kappa shape index (κ1) is 15.8. The van der Waals surface area contributed by atoms with Crippen molar-refractivity contribution in [1.29, 1.82) is 0 Å². The van der Waals surface area contributed by atoms with Crippen LogP contribution in [0.3, 0.4) is 0 Å². The zero-order chi connectivity index (χ0) is 14.9. The third-order valence-corrected chi connectivity index (χ3v) is 4.83. The number of hydrogen-bond acceptors (Lipinski definition) is 2. The predicted molar refractivity (Wildman–Crippen MR) is 88.8 cm³/mol. The minimum Gasteiger partial charge on any atom is -0.342 e. The minimum absolute atomic E-state index is 0.308. The average Bonchev–Trinajstić information content (AvgIpc) is 2.37. The maximum atomic E-state index is 13.4. The van der Waals surface area contributed by atoms with Crippen molar-refractivity contribution in [3.63, 3.8) is 0 Å². The van der Waals surface area contributed by atoms with Gasteiger partial charge in [-0.1, -0.05) is 42.0 Å². The van der Waals surface area contributed by atoms with E-state index in [0.29, 0.717) is 21.9 Å². The van der Waals surface area contributed by atoms with Gasteiger partial charge in [0, 0.05) is 15.7 Å². The van der Waals surface area contributed by atoms with Crippen LogP contribution in [0.5, 0.6) is 0 Å². The lowest BCUT2D eigenvalue weighted by Gasteiger charge is -2.11. The largest absolute Gasteiger partial charge is 0.342 e. The van der Waals surface area contributed by atoms with Crippen LogP contribution in [0.1, 0.15) is 19.5 Å². The molecule has 0 amide bonds. The van der Waals surface area contributed by atoms with Gasteiger partial charge in [0.15, 0.2) is 0 Å². The van der Waals surface area contributed by atoms with E-state index in [1.165, 1.54) is 12.1 Å². The number of halogens is 3. The Balaban J connectivity index is 2.60. The van der Waals surface area contributed by atoms with Gasteiger partial charge < -0.3 is 4.98 Å². The zero-order valence-electron chi connectivity index (χ0n) is 11.0. The molecular weight excluding hydrogens is 407 g/mol. The first-order chi connectivity index (χ1) is 9.38. The van der Waals surface area contributed by atoms with Crippen LogP contribution in [-0.2, 0) is 6.42 Å². The highest BCUT2D eigenvalue weighted by atomic mass is 79.9. The van der Waals surface area contributed by atoms with Gasteiger partial charge in [-0.3, -0.25) is 0 Å². The van der Waals surface area contributed by atoms with Gasteiger partial charge in [0.1, 0.15) is 16.3 Å². The molecule has 0 bridgehead atoms. The molecule has 1 aromatic carbocycles. The van der Waals surface area contributed by atoms with E-state index in [1.807, 2.05) is 0 Å². The van der Waals surface area contributed by atoms with Gasteiger partial charge in [0.25, 0.3) is 0 Å². The second-order valence-corrected chi connectivity index (χ2v) is 6.94. The molecule has 0 saturated heterocycles. The first-order valence-corrected chi connectivity index (χ1v) is 8.12. The smallest absolute Gasteiger partial charge is 0.144 e. The Kier molecular flexibility index (Phi) is 5.09. The van der Waals surface area contributed by atoms with E-state index in [0.717, 1.165) is 21.1 Å². The number of benzene rings is 1. The van der Waals surface area contributed by atoms with Crippen LogP contribution in [0, 0.1) is 16.4 Å². The van der Waals surface area contributed by atoms with E-state index in [1.54, 1.807) is 6.07 Å².